The molecular weight excluding hydrogens is 304 g/mol. The van der Waals surface area contributed by atoms with Gasteiger partial charge in [-0.05, 0) is 12.8 Å². The number of anilines is 1. The van der Waals surface area contributed by atoms with Gasteiger partial charge in [-0.2, -0.15) is 5.10 Å². The zero-order valence-electron chi connectivity index (χ0n) is 12.8. The topological polar surface area (TPSA) is 79.0 Å². The number of nitrogens with one attached hydrogen (secondary N) is 3. The summed E-state index contributed by atoms with van der Waals surface area (Å²) in [5, 5.41) is 13.4. The lowest BCUT2D eigenvalue weighted by molar-refractivity contribution is -0.117. The predicted molar refractivity (Wildman–Crippen MR) is 87.5 cm³/mol. The van der Waals surface area contributed by atoms with Crippen LogP contribution in [-0.2, 0) is 9.53 Å². The largest absolute Gasteiger partial charge is 0.378 e. The van der Waals surface area contributed by atoms with Gasteiger partial charge in [0.2, 0.25) is 5.91 Å². The van der Waals surface area contributed by atoms with Crippen LogP contribution in [0.3, 0.4) is 0 Å². The number of carbonyl (C=O) groups excluding carboxylic acids is 1. The molecule has 1 aliphatic heterocycles. The minimum atomic E-state index is -0.0142. The van der Waals surface area contributed by atoms with Crippen LogP contribution in [0.2, 0.25) is 0 Å². The molecule has 1 saturated heterocycles. The monoisotopic (exact) mass is 328 g/mol. The van der Waals surface area contributed by atoms with E-state index in [2.05, 4.69) is 20.8 Å². The Morgan fingerprint density at radius 2 is 2.18 bits per heavy atom. The average Bonchev–Trinajstić information content (AvgIpc) is 2.97. The number of ether oxygens (including phenoxy) is 1. The first-order valence-corrected chi connectivity index (χ1v) is 7.97. The molecule has 7 heteroatoms. The SMILES string of the molecule is Cl.O=C(CC1COCCN1)Nc1cc(C2CCCCC2)[nH]n1. The van der Waals surface area contributed by atoms with Crippen molar-refractivity contribution in [2.45, 2.75) is 50.5 Å². The number of hydrogen-bond donors (Lipinski definition) is 3. The summed E-state index contributed by atoms with van der Waals surface area (Å²) in [6, 6.07) is 2.09. The number of amides is 1. The number of aromatic amines is 1. The van der Waals surface area contributed by atoms with Crippen LogP contribution in [0, 0.1) is 0 Å². The molecule has 2 aliphatic rings. The smallest absolute Gasteiger partial charge is 0.227 e. The maximum Gasteiger partial charge on any atom is 0.227 e. The van der Waals surface area contributed by atoms with Crippen molar-refractivity contribution in [2.75, 3.05) is 25.1 Å². The molecule has 6 nitrogen and oxygen atoms in total. The van der Waals surface area contributed by atoms with Gasteiger partial charge in [-0.1, -0.05) is 19.3 Å². The number of aromatic nitrogens is 2. The minimum Gasteiger partial charge on any atom is -0.378 e. The van der Waals surface area contributed by atoms with Crippen molar-refractivity contribution < 1.29 is 9.53 Å². The van der Waals surface area contributed by atoms with Crippen LogP contribution in [0.25, 0.3) is 0 Å². The van der Waals surface area contributed by atoms with Crippen LogP contribution < -0.4 is 10.6 Å². The number of nitrogens with zero attached hydrogens (tertiary/aromatic N) is 1. The van der Waals surface area contributed by atoms with Crippen LogP contribution in [0.4, 0.5) is 5.82 Å². The molecule has 124 valence electrons. The third-order valence-corrected chi connectivity index (χ3v) is 4.34. The van der Waals surface area contributed by atoms with Crippen LogP contribution in [0.1, 0.15) is 50.1 Å². The van der Waals surface area contributed by atoms with E-state index in [-0.39, 0.29) is 24.4 Å². The predicted octanol–water partition coefficient (Wildman–Crippen LogP) is 2.20. The van der Waals surface area contributed by atoms with Crippen LogP contribution in [-0.4, -0.2) is 41.9 Å². The van der Waals surface area contributed by atoms with Crippen LogP contribution >= 0.6 is 12.4 Å². The number of morpholine rings is 1. The van der Waals surface area contributed by atoms with E-state index < -0.39 is 0 Å². The molecule has 1 aliphatic carbocycles. The first-order valence-electron chi connectivity index (χ1n) is 7.97. The first-order chi connectivity index (χ1) is 10.3. The molecule has 3 N–H and O–H groups in total. The summed E-state index contributed by atoms with van der Waals surface area (Å²) < 4.78 is 5.35. The molecule has 0 aromatic carbocycles. The lowest BCUT2D eigenvalue weighted by Crippen LogP contribution is -2.43. The first kappa shape index (κ1) is 17.2. The normalized spacial score (nSPS) is 22.8. The summed E-state index contributed by atoms with van der Waals surface area (Å²) in [5.41, 5.74) is 1.16. The maximum absolute atomic E-state index is 12.0. The standard InChI is InChI=1S/C15H24N4O2.ClH/c20-15(8-12-10-21-7-6-16-12)17-14-9-13(18-19-14)11-4-2-1-3-5-11;/h9,11-12,16H,1-8,10H2,(H2,17,18,19,20);1H. The van der Waals surface area contributed by atoms with Gasteiger partial charge in [-0.3, -0.25) is 9.89 Å². The molecule has 1 unspecified atom stereocenters. The van der Waals surface area contributed by atoms with E-state index >= 15 is 0 Å². The Labute approximate surface area is 137 Å². The van der Waals surface area contributed by atoms with Crippen molar-refractivity contribution in [3.05, 3.63) is 11.8 Å². The maximum atomic E-state index is 12.0. The molecule has 0 bridgehead atoms. The van der Waals surface area contributed by atoms with E-state index in [0.717, 1.165) is 18.8 Å². The van der Waals surface area contributed by atoms with Gasteiger partial charge in [0.15, 0.2) is 5.82 Å². The van der Waals surface area contributed by atoms with E-state index in [9.17, 15) is 4.79 Å². The Hall–Kier alpha value is -1.11. The number of rotatable bonds is 4. The number of halogens is 1. The molecule has 0 radical (unpaired) electrons. The molecule has 1 saturated carbocycles. The van der Waals surface area contributed by atoms with Crippen molar-refractivity contribution in [1.82, 2.24) is 15.5 Å². The van der Waals surface area contributed by atoms with E-state index in [1.165, 1.54) is 32.1 Å². The third kappa shape index (κ3) is 4.69. The van der Waals surface area contributed by atoms with Crippen molar-refractivity contribution in [2.24, 2.45) is 0 Å². The van der Waals surface area contributed by atoms with Gasteiger partial charge in [0.25, 0.3) is 0 Å². The zero-order valence-corrected chi connectivity index (χ0v) is 13.6. The van der Waals surface area contributed by atoms with Gasteiger partial charge in [0.05, 0.1) is 13.2 Å². The lowest BCUT2D eigenvalue weighted by Gasteiger charge is -2.22. The average molecular weight is 329 g/mol. The third-order valence-electron chi connectivity index (χ3n) is 4.34. The summed E-state index contributed by atoms with van der Waals surface area (Å²) in [7, 11) is 0. The van der Waals surface area contributed by atoms with Crippen molar-refractivity contribution in [3.8, 4) is 0 Å². The Balaban J connectivity index is 0.00000176. The zero-order chi connectivity index (χ0) is 14.5. The van der Waals surface area contributed by atoms with Gasteiger partial charge in [-0.25, -0.2) is 0 Å². The van der Waals surface area contributed by atoms with Crippen LogP contribution in [0.5, 0.6) is 0 Å². The minimum absolute atomic E-state index is 0. The highest BCUT2D eigenvalue weighted by Gasteiger charge is 2.20. The Morgan fingerprint density at radius 1 is 1.36 bits per heavy atom. The van der Waals surface area contributed by atoms with Crippen molar-refractivity contribution in [1.29, 1.82) is 0 Å². The quantitative estimate of drug-likeness (QED) is 0.791. The highest BCUT2D eigenvalue weighted by Crippen LogP contribution is 2.32. The summed E-state index contributed by atoms with van der Waals surface area (Å²) in [4.78, 5) is 12.0. The molecule has 2 heterocycles. The van der Waals surface area contributed by atoms with E-state index in [1.54, 1.807) is 0 Å². The summed E-state index contributed by atoms with van der Waals surface area (Å²) in [5.74, 6) is 1.20. The number of H-pyrrole nitrogens is 1. The van der Waals surface area contributed by atoms with E-state index in [1.807, 2.05) is 6.07 Å². The van der Waals surface area contributed by atoms with Crippen molar-refractivity contribution >= 4 is 24.1 Å². The van der Waals surface area contributed by atoms with Gasteiger partial charge in [0, 0.05) is 36.7 Å². The molecule has 1 amide bonds. The second kappa shape index (κ2) is 8.50. The fraction of sp³-hybridized carbons (Fsp3) is 0.733. The molecule has 0 spiro atoms. The molecule has 22 heavy (non-hydrogen) atoms. The molecule has 1 aromatic rings. The van der Waals surface area contributed by atoms with Gasteiger partial charge < -0.3 is 15.4 Å². The van der Waals surface area contributed by atoms with E-state index in [4.69, 9.17) is 4.74 Å². The van der Waals surface area contributed by atoms with Gasteiger partial charge in [-0.15, -0.1) is 12.4 Å². The Kier molecular flexibility index (Phi) is 6.67. The molecule has 1 aromatic heterocycles. The molecule has 2 fully saturated rings. The lowest BCUT2D eigenvalue weighted by atomic mass is 9.87. The number of hydrogen-bond acceptors (Lipinski definition) is 4. The fourth-order valence-electron chi connectivity index (χ4n) is 3.19. The van der Waals surface area contributed by atoms with E-state index in [0.29, 0.717) is 24.8 Å². The number of carbonyl (C=O) groups is 1. The second-order valence-corrected chi connectivity index (χ2v) is 6.02. The Bertz CT molecular complexity index is 468. The molecule has 3 rings (SSSR count). The highest BCUT2D eigenvalue weighted by atomic mass is 35.5. The summed E-state index contributed by atoms with van der Waals surface area (Å²) in [6.07, 6.45) is 6.78. The Morgan fingerprint density at radius 3 is 2.91 bits per heavy atom. The molecular formula is C15H25ClN4O2. The van der Waals surface area contributed by atoms with Crippen LogP contribution in [0.15, 0.2) is 6.07 Å². The fourth-order valence-corrected chi connectivity index (χ4v) is 3.19. The molecule has 1 atom stereocenters. The van der Waals surface area contributed by atoms with Gasteiger partial charge in [0.1, 0.15) is 0 Å². The highest BCUT2D eigenvalue weighted by molar-refractivity contribution is 5.90. The summed E-state index contributed by atoms with van der Waals surface area (Å²) >= 11 is 0. The second-order valence-electron chi connectivity index (χ2n) is 6.02. The van der Waals surface area contributed by atoms with Crippen molar-refractivity contribution in [3.63, 3.8) is 0 Å². The summed E-state index contributed by atoms with van der Waals surface area (Å²) in [6.45, 7) is 2.13. The van der Waals surface area contributed by atoms with Gasteiger partial charge >= 0.3 is 0 Å².